The van der Waals surface area contributed by atoms with Gasteiger partial charge in [0, 0.05) is 17.1 Å². The molecule has 5 heteroatoms. The monoisotopic (exact) mass is 434 g/mol. The van der Waals surface area contributed by atoms with Crippen molar-refractivity contribution < 1.29 is 0 Å². The van der Waals surface area contributed by atoms with Crippen LogP contribution in [0.5, 0.6) is 0 Å². The van der Waals surface area contributed by atoms with Crippen molar-refractivity contribution >= 4 is 16.6 Å². The fourth-order valence-electron chi connectivity index (χ4n) is 5.36. The molecular formula is C28H26N4O. The lowest BCUT2D eigenvalue weighted by molar-refractivity contribution is 0.445. The SMILES string of the molecule is Cc1nc2c(C3CCCCC3)c(-c3ccccc3)[nH]n2c(=O)c1-c1ccc2ncccc2c1. The number of hydrogen-bond donors (Lipinski definition) is 1. The molecule has 1 N–H and O–H groups in total. The molecule has 0 amide bonds. The van der Waals surface area contributed by atoms with Gasteiger partial charge in [-0.3, -0.25) is 14.9 Å². The number of hydrogen-bond acceptors (Lipinski definition) is 3. The third-order valence-electron chi connectivity index (χ3n) is 6.97. The van der Waals surface area contributed by atoms with E-state index >= 15 is 0 Å². The molecule has 0 unspecified atom stereocenters. The molecule has 0 bridgehead atoms. The second kappa shape index (κ2) is 8.00. The Morgan fingerprint density at radius 2 is 1.76 bits per heavy atom. The summed E-state index contributed by atoms with van der Waals surface area (Å²) in [7, 11) is 0. The van der Waals surface area contributed by atoms with Gasteiger partial charge in [0.25, 0.3) is 5.56 Å². The van der Waals surface area contributed by atoms with E-state index in [4.69, 9.17) is 4.98 Å². The second-order valence-corrected chi connectivity index (χ2v) is 9.05. The highest BCUT2D eigenvalue weighted by Crippen LogP contribution is 2.40. The third-order valence-corrected chi connectivity index (χ3v) is 6.97. The lowest BCUT2D eigenvalue weighted by Crippen LogP contribution is -2.19. The van der Waals surface area contributed by atoms with E-state index in [2.05, 4.69) is 22.2 Å². The fourth-order valence-corrected chi connectivity index (χ4v) is 5.36. The van der Waals surface area contributed by atoms with Crippen molar-refractivity contribution in [3.63, 3.8) is 0 Å². The Morgan fingerprint density at radius 3 is 2.58 bits per heavy atom. The highest BCUT2D eigenvalue weighted by Gasteiger charge is 2.27. The number of nitrogens with zero attached hydrogens (tertiary/aromatic N) is 3. The molecule has 5 aromatic rings. The van der Waals surface area contributed by atoms with E-state index in [9.17, 15) is 4.79 Å². The molecule has 0 saturated heterocycles. The number of aryl methyl sites for hydroxylation is 1. The molecule has 0 aliphatic heterocycles. The minimum absolute atomic E-state index is 0.0556. The first-order valence-corrected chi connectivity index (χ1v) is 11.8. The van der Waals surface area contributed by atoms with Crippen molar-refractivity contribution in [1.82, 2.24) is 19.6 Å². The predicted molar refractivity (Wildman–Crippen MR) is 133 cm³/mol. The molecule has 1 aliphatic rings. The van der Waals surface area contributed by atoms with E-state index in [1.165, 1.54) is 24.8 Å². The maximum Gasteiger partial charge on any atom is 0.280 e. The minimum atomic E-state index is -0.0556. The largest absolute Gasteiger partial charge is 0.289 e. The number of pyridine rings is 1. The lowest BCUT2D eigenvalue weighted by atomic mass is 9.83. The summed E-state index contributed by atoms with van der Waals surface area (Å²) in [5, 5.41) is 4.46. The van der Waals surface area contributed by atoms with Gasteiger partial charge in [-0.25, -0.2) is 9.50 Å². The predicted octanol–water partition coefficient (Wildman–Crippen LogP) is 6.26. The fraction of sp³-hybridized carbons (Fsp3) is 0.250. The number of fused-ring (bicyclic) bond motifs is 2. The summed E-state index contributed by atoms with van der Waals surface area (Å²) >= 11 is 0. The van der Waals surface area contributed by atoms with Gasteiger partial charge in [0.2, 0.25) is 0 Å². The Balaban J connectivity index is 1.61. The Kier molecular flexibility index (Phi) is 4.83. The summed E-state index contributed by atoms with van der Waals surface area (Å²) in [6.07, 6.45) is 7.80. The van der Waals surface area contributed by atoms with Crippen LogP contribution >= 0.6 is 0 Å². The normalized spacial score (nSPS) is 14.8. The van der Waals surface area contributed by atoms with Gasteiger partial charge in [0.15, 0.2) is 5.65 Å². The van der Waals surface area contributed by atoms with Gasteiger partial charge < -0.3 is 0 Å². The lowest BCUT2D eigenvalue weighted by Gasteiger charge is -2.22. The van der Waals surface area contributed by atoms with Crippen LogP contribution in [0, 0.1) is 6.92 Å². The number of benzene rings is 2. The zero-order chi connectivity index (χ0) is 22.4. The van der Waals surface area contributed by atoms with E-state index in [1.54, 1.807) is 10.7 Å². The molecule has 1 saturated carbocycles. The molecule has 6 rings (SSSR count). The van der Waals surface area contributed by atoms with Crippen LogP contribution in [0.2, 0.25) is 0 Å². The Morgan fingerprint density at radius 1 is 0.939 bits per heavy atom. The van der Waals surface area contributed by atoms with Crippen molar-refractivity contribution in [2.45, 2.75) is 44.9 Å². The van der Waals surface area contributed by atoms with Crippen molar-refractivity contribution in [3.8, 4) is 22.4 Å². The van der Waals surface area contributed by atoms with Gasteiger partial charge >= 0.3 is 0 Å². The summed E-state index contributed by atoms with van der Waals surface area (Å²) in [5.41, 5.74) is 7.21. The molecule has 3 heterocycles. The molecule has 5 nitrogen and oxygen atoms in total. The molecule has 3 aromatic heterocycles. The van der Waals surface area contributed by atoms with Crippen LogP contribution in [0.15, 0.2) is 71.7 Å². The highest BCUT2D eigenvalue weighted by atomic mass is 16.1. The van der Waals surface area contributed by atoms with Crippen molar-refractivity contribution in [2.24, 2.45) is 0 Å². The number of aromatic nitrogens is 4. The van der Waals surface area contributed by atoms with Crippen LogP contribution in [-0.2, 0) is 0 Å². The summed E-state index contributed by atoms with van der Waals surface area (Å²) in [5.74, 6) is 0.416. The van der Waals surface area contributed by atoms with Gasteiger partial charge in [0.05, 0.1) is 22.5 Å². The van der Waals surface area contributed by atoms with E-state index in [0.29, 0.717) is 11.5 Å². The number of nitrogens with one attached hydrogen (secondary N) is 1. The van der Waals surface area contributed by atoms with E-state index in [0.717, 1.165) is 51.9 Å². The molecule has 33 heavy (non-hydrogen) atoms. The van der Waals surface area contributed by atoms with E-state index in [-0.39, 0.29) is 5.56 Å². The summed E-state index contributed by atoms with van der Waals surface area (Å²) < 4.78 is 1.67. The van der Waals surface area contributed by atoms with Crippen LogP contribution in [0.4, 0.5) is 0 Å². The number of rotatable bonds is 3. The average Bonchev–Trinajstić information content (AvgIpc) is 3.24. The standard InChI is InChI=1S/C28H26N4O/c1-18-24(22-14-15-23-21(17-22)13-8-16-29-23)28(33)32-27(30-18)25(19-9-4-2-5-10-19)26(31-32)20-11-6-3-7-12-20/h3,6-8,11-17,19,31H,2,4-5,9-10H2,1H3. The quantitative estimate of drug-likeness (QED) is 0.364. The Bertz CT molecular complexity index is 1520. The van der Waals surface area contributed by atoms with Crippen molar-refractivity contribution in [2.75, 3.05) is 0 Å². The van der Waals surface area contributed by atoms with Gasteiger partial charge in [-0.05, 0) is 55.0 Å². The van der Waals surface area contributed by atoms with E-state index in [1.807, 2.05) is 55.5 Å². The van der Waals surface area contributed by atoms with Gasteiger partial charge in [0.1, 0.15) is 0 Å². The zero-order valence-electron chi connectivity index (χ0n) is 18.7. The number of H-pyrrole nitrogens is 1. The maximum absolute atomic E-state index is 13.8. The van der Waals surface area contributed by atoms with Gasteiger partial charge in [-0.15, -0.1) is 0 Å². The van der Waals surface area contributed by atoms with Crippen LogP contribution in [0.3, 0.4) is 0 Å². The zero-order valence-corrected chi connectivity index (χ0v) is 18.7. The minimum Gasteiger partial charge on any atom is -0.289 e. The average molecular weight is 435 g/mol. The van der Waals surface area contributed by atoms with Crippen molar-refractivity contribution in [1.29, 1.82) is 0 Å². The molecule has 0 spiro atoms. The smallest absolute Gasteiger partial charge is 0.280 e. The molecule has 0 radical (unpaired) electrons. The first-order valence-electron chi connectivity index (χ1n) is 11.8. The summed E-state index contributed by atoms with van der Waals surface area (Å²) in [4.78, 5) is 23.3. The second-order valence-electron chi connectivity index (χ2n) is 9.05. The molecule has 1 aliphatic carbocycles. The topological polar surface area (TPSA) is 63.1 Å². The van der Waals surface area contributed by atoms with Crippen LogP contribution in [-0.4, -0.2) is 19.6 Å². The first kappa shape index (κ1) is 19.9. The highest BCUT2D eigenvalue weighted by molar-refractivity contribution is 5.85. The van der Waals surface area contributed by atoms with Crippen LogP contribution in [0.25, 0.3) is 38.9 Å². The van der Waals surface area contributed by atoms with Gasteiger partial charge in [-0.1, -0.05) is 61.7 Å². The molecular weight excluding hydrogens is 408 g/mol. The molecule has 1 fully saturated rings. The molecule has 0 atom stereocenters. The maximum atomic E-state index is 13.8. The van der Waals surface area contributed by atoms with Crippen LogP contribution < -0.4 is 5.56 Å². The third kappa shape index (κ3) is 3.35. The Hall–Kier alpha value is -3.73. The molecule has 2 aromatic carbocycles. The summed E-state index contributed by atoms with van der Waals surface area (Å²) in [6, 6.07) is 20.2. The Labute approximate surface area is 192 Å². The van der Waals surface area contributed by atoms with E-state index < -0.39 is 0 Å². The number of aromatic amines is 1. The summed E-state index contributed by atoms with van der Waals surface area (Å²) in [6.45, 7) is 1.95. The first-order chi connectivity index (χ1) is 16.2. The van der Waals surface area contributed by atoms with Crippen LogP contribution in [0.1, 0.15) is 49.3 Å². The van der Waals surface area contributed by atoms with Crippen molar-refractivity contribution in [3.05, 3.63) is 88.5 Å². The molecule has 164 valence electrons. The van der Waals surface area contributed by atoms with Gasteiger partial charge in [-0.2, -0.15) is 0 Å².